The molecule has 0 spiro atoms. The van der Waals surface area contributed by atoms with Crippen LogP contribution in [-0.2, 0) is 0 Å². The number of rotatable bonds is 2. The van der Waals surface area contributed by atoms with E-state index in [1.165, 1.54) is 0 Å². The minimum atomic E-state index is 0.165. The molecular formula is C10H15Cl2N3. The van der Waals surface area contributed by atoms with E-state index in [-0.39, 0.29) is 10.9 Å². The second-order valence-corrected chi connectivity index (χ2v) is 5.60. The third-order valence-corrected chi connectivity index (χ3v) is 4.60. The molecule has 4 heterocycles. The first kappa shape index (κ1) is 10.4. The van der Waals surface area contributed by atoms with Gasteiger partial charge in [0.1, 0.15) is 0 Å². The highest BCUT2D eigenvalue weighted by atomic mass is 35.5. The molecule has 5 heteroatoms. The Kier molecular flexibility index (Phi) is 2.49. The van der Waals surface area contributed by atoms with Gasteiger partial charge < -0.3 is 0 Å². The Morgan fingerprint density at radius 2 is 1.87 bits per heavy atom. The van der Waals surface area contributed by atoms with Crippen molar-refractivity contribution in [1.82, 2.24) is 14.7 Å². The van der Waals surface area contributed by atoms with Gasteiger partial charge in [-0.1, -0.05) is 17.7 Å². The molecule has 0 aromatic heterocycles. The van der Waals surface area contributed by atoms with Crippen LogP contribution < -0.4 is 0 Å². The summed E-state index contributed by atoms with van der Waals surface area (Å²) in [7, 11) is 0. The van der Waals surface area contributed by atoms with Gasteiger partial charge in [0.25, 0.3) is 0 Å². The number of alkyl halides is 1. The second kappa shape index (κ2) is 3.60. The lowest BCUT2D eigenvalue weighted by atomic mass is 9.78. The fourth-order valence-electron chi connectivity index (χ4n) is 3.26. The SMILES string of the molecule is Cl/C=C/CC12CN3CN(CN(C3)C1Cl)C2. The molecule has 0 saturated carbocycles. The van der Waals surface area contributed by atoms with Crippen LogP contribution in [-0.4, -0.2) is 53.3 Å². The summed E-state index contributed by atoms with van der Waals surface area (Å²) in [4.78, 5) is 7.28. The van der Waals surface area contributed by atoms with Gasteiger partial charge in [-0.05, 0) is 6.42 Å². The highest BCUT2D eigenvalue weighted by Crippen LogP contribution is 2.44. The normalized spacial score (nSPS) is 52.9. The van der Waals surface area contributed by atoms with E-state index in [1.807, 2.05) is 6.08 Å². The molecule has 3 nitrogen and oxygen atoms in total. The Bertz CT molecular complexity index is 280. The number of hydrogen-bond acceptors (Lipinski definition) is 3. The fourth-order valence-corrected chi connectivity index (χ4v) is 3.70. The standard InChI is InChI=1S/C10H15Cl2N3/c11-3-1-2-10-4-13-6-14(5-10)8-15(7-13)9(10)12/h1,3,9H,2,4-8H2/b3-1+. The van der Waals surface area contributed by atoms with Crippen molar-refractivity contribution < 1.29 is 0 Å². The predicted molar refractivity (Wildman–Crippen MR) is 61.5 cm³/mol. The van der Waals surface area contributed by atoms with Gasteiger partial charge in [0.2, 0.25) is 0 Å². The molecule has 84 valence electrons. The third kappa shape index (κ3) is 1.53. The van der Waals surface area contributed by atoms with Crippen LogP contribution in [0.5, 0.6) is 0 Å². The molecule has 0 amide bonds. The summed E-state index contributed by atoms with van der Waals surface area (Å²) >= 11 is 12.2. The molecular weight excluding hydrogens is 233 g/mol. The molecule has 15 heavy (non-hydrogen) atoms. The summed E-state index contributed by atoms with van der Waals surface area (Å²) in [6, 6.07) is 0. The summed E-state index contributed by atoms with van der Waals surface area (Å²) in [6.45, 7) is 5.37. The van der Waals surface area contributed by atoms with E-state index in [9.17, 15) is 0 Å². The molecule has 4 aliphatic rings. The molecule has 0 N–H and O–H groups in total. The van der Waals surface area contributed by atoms with Crippen molar-refractivity contribution in [2.24, 2.45) is 5.41 Å². The summed E-state index contributed by atoms with van der Waals surface area (Å²) in [5, 5.41) is 0. The van der Waals surface area contributed by atoms with E-state index in [0.717, 1.165) is 39.5 Å². The predicted octanol–water partition coefficient (Wildman–Crippen LogP) is 1.50. The molecule has 0 aliphatic carbocycles. The van der Waals surface area contributed by atoms with E-state index in [1.54, 1.807) is 5.54 Å². The average molecular weight is 248 g/mol. The lowest BCUT2D eigenvalue weighted by molar-refractivity contribution is -0.183. The van der Waals surface area contributed by atoms with Crippen LogP contribution in [0.2, 0.25) is 0 Å². The van der Waals surface area contributed by atoms with Gasteiger partial charge in [-0.3, -0.25) is 14.7 Å². The minimum Gasteiger partial charge on any atom is -0.277 e. The van der Waals surface area contributed by atoms with Crippen molar-refractivity contribution >= 4 is 23.2 Å². The number of halogens is 2. The second-order valence-electron chi connectivity index (χ2n) is 4.93. The van der Waals surface area contributed by atoms with Gasteiger partial charge in [-0.25, -0.2) is 0 Å². The van der Waals surface area contributed by atoms with Crippen LogP contribution in [0.3, 0.4) is 0 Å². The monoisotopic (exact) mass is 247 g/mol. The first-order valence-electron chi connectivity index (χ1n) is 5.32. The zero-order chi connectivity index (χ0) is 10.5. The molecule has 3 unspecified atom stereocenters. The van der Waals surface area contributed by atoms with E-state index in [0.29, 0.717) is 0 Å². The Morgan fingerprint density at radius 1 is 1.20 bits per heavy atom. The van der Waals surface area contributed by atoms with Gasteiger partial charge in [-0.15, -0.1) is 11.6 Å². The Hall–Kier alpha value is 0.200. The van der Waals surface area contributed by atoms with Crippen LogP contribution in [0, 0.1) is 5.41 Å². The van der Waals surface area contributed by atoms with Gasteiger partial charge >= 0.3 is 0 Å². The summed E-state index contributed by atoms with van der Waals surface area (Å²) in [5.41, 5.74) is 1.96. The Balaban J connectivity index is 1.87. The maximum absolute atomic E-state index is 6.56. The van der Waals surface area contributed by atoms with Gasteiger partial charge in [0.15, 0.2) is 0 Å². The smallest absolute Gasteiger partial charge is 0.0955 e. The molecule has 0 aromatic carbocycles. The largest absolute Gasteiger partial charge is 0.277 e. The van der Waals surface area contributed by atoms with Crippen molar-refractivity contribution in [1.29, 1.82) is 0 Å². The molecule has 4 rings (SSSR count). The van der Waals surface area contributed by atoms with Crippen molar-refractivity contribution in [3.63, 3.8) is 0 Å². The summed E-state index contributed by atoms with van der Waals surface area (Å²) in [6.07, 6.45) is 3.02. The molecule has 4 saturated heterocycles. The van der Waals surface area contributed by atoms with Crippen molar-refractivity contribution in [3.8, 4) is 0 Å². The van der Waals surface area contributed by atoms with Crippen LogP contribution in [0.15, 0.2) is 11.6 Å². The third-order valence-electron chi connectivity index (χ3n) is 3.68. The molecule has 0 radical (unpaired) electrons. The lowest BCUT2D eigenvalue weighted by Gasteiger charge is -2.63. The van der Waals surface area contributed by atoms with Gasteiger partial charge in [-0.2, -0.15) is 0 Å². The lowest BCUT2D eigenvalue weighted by Crippen LogP contribution is -2.75. The quantitative estimate of drug-likeness (QED) is 0.541. The van der Waals surface area contributed by atoms with Gasteiger partial charge in [0.05, 0.1) is 25.5 Å². The average Bonchev–Trinajstić information content (AvgIpc) is 2.22. The van der Waals surface area contributed by atoms with Crippen LogP contribution in [0.25, 0.3) is 0 Å². The Morgan fingerprint density at radius 3 is 2.47 bits per heavy atom. The summed E-state index contributed by atoms with van der Waals surface area (Å²) < 4.78 is 0. The van der Waals surface area contributed by atoms with E-state index >= 15 is 0 Å². The molecule has 4 aliphatic heterocycles. The van der Waals surface area contributed by atoms with Crippen molar-refractivity contribution in [2.75, 3.05) is 33.1 Å². The van der Waals surface area contributed by atoms with Crippen LogP contribution in [0.4, 0.5) is 0 Å². The highest BCUT2D eigenvalue weighted by molar-refractivity contribution is 6.25. The summed E-state index contributed by atoms with van der Waals surface area (Å²) in [5.74, 6) is 0. The van der Waals surface area contributed by atoms with Crippen molar-refractivity contribution in [3.05, 3.63) is 11.6 Å². The minimum absolute atomic E-state index is 0.165. The zero-order valence-electron chi connectivity index (χ0n) is 8.57. The number of nitrogens with zero attached hydrogens (tertiary/aromatic N) is 3. The first-order valence-corrected chi connectivity index (χ1v) is 6.19. The molecule has 4 fully saturated rings. The molecule has 0 aromatic rings. The van der Waals surface area contributed by atoms with E-state index in [2.05, 4.69) is 14.7 Å². The van der Waals surface area contributed by atoms with E-state index < -0.39 is 0 Å². The Labute approximate surface area is 100 Å². The number of hydrogen-bond donors (Lipinski definition) is 0. The van der Waals surface area contributed by atoms with E-state index in [4.69, 9.17) is 23.2 Å². The van der Waals surface area contributed by atoms with Crippen molar-refractivity contribution in [2.45, 2.75) is 11.9 Å². The molecule has 3 atom stereocenters. The van der Waals surface area contributed by atoms with Gasteiger partial charge in [0, 0.05) is 24.0 Å². The maximum atomic E-state index is 6.56. The zero-order valence-corrected chi connectivity index (χ0v) is 10.1. The number of allylic oxidation sites excluding steroid dienone is 1. The highest BCUT2D eigenvalue weighted by Gasteiger charge is 2.53. The van der Waals surface area contributed by atoms with Crippen LogP contribution >= 0.6 is 23.2 Å². The fraction of sp³-hybridized carbons (Fsp3) is 0.800. The topological polar surface area (TPSA) is 9.72 Å². The maximum Gasteiger partial charge on any atom is 0.0955 e. The first-order chi connectivity index (χ1) is 7.23. The molecule has 4 bridgehead atoms. The van der Waals surface area contributed by atoms with Crippen LogP contribution in [0.1, 0.15) is 6.42 Å².